The van der Waals surface area contributed by atoms with Gasteiger partial charge in [-0.15, -0.1) is 5.54 Å². The zero-order chi connectivity index (χ0) is 22.6. The highest BCUT2D eigenvalue weighted by Crippen LogP contribution is 2.45. The van der Waals surface area contributed by atoms with E-state index in [-0.39, 0.29) is 6.61 Å². The maximum atomic E-state index is 11.3. The summed E-state index contributed by atoms with van der Waals surface area (Å²) >= 11 is 3.13. The number of ether oxygens (including phenoxy) is 1. The normalized spacial score (nSPS) is 28.2. The van der Waals surface area contributed by atoms with Crippen molar-refractivity contribution in [1.82, 2.24) is 0 Å². The minimum absolute atomic E-state index is 0.220. The van der Waals surface area contributed by atoms with E-state index in [2.05, 4.69) is 99.3 Å². The SMILES string of the molecule is CC(C)[Si](O[C@@H]1[C@@H](O)[C@H](C#CBr)[C@@H](CO)O[C@H]1C#C[Si](C)(C)C)(C(C)C)C(C)C. The van der Waals surface area contributed by atoms with Gasteiger partial charge in [0, 0.05) is 15.9 Å². The van der Waals surface area contributed by atoms with Gasteiger partial charge in [-0.05, 0) is 21.5 Å². The molecule has 0 radical (unpaired) electrons. The van der Waals surface area contributed by atoms with Crippen LogP contribution < -0.4 is 0 Å². The molecule has 4 nitrogen and oxygen atoms in total. The fraction of sp³-hybridized carbons (Fsp3) is 0.818. The van der Waals surface area contributed by atoms with Crippen molar-refractivity contribution >= 4 is 32.3 Å². The third kappa shape index (κ3) is 6.43. The second-order valence-electron chi connectivity index (χ2n) is 9.95. The second kappa shape index (κ2) is 11.0. The lowest BCUT2D eigenvalue weighted by Crippen LogP contribution is -2.61. The first-order chi connectivity index (χ1) is 13.3. The van der Waals surface area contributed by atoms with Gasteiger partial charge in [-0.2, -0.15) is 0 Å². The summed E-state index contributed by atoms with van der Waals surface area (Å²) in [5, 5.41) is 21.1. The van der Waals surface area contributed by atoms with Gasteiger partial charge < -0.3 is 19.4 Å². The molecular formula is C22H39BrO4Si2. The Morgan fingerprint density at radius 2 is 1.52 bits per heavy atom. The van der Waals surface area contributed by atoms with E-state index in [0.29, 0.717) is 16.6 Å². The molecule has 0 saturated carbocycles. The van der Waals surface area contributed by atoms with Crippen molar-refractivity contribution in [2.24, 2.45) is 5.92 Å². The van der Waals surface area contributed by atoms with Crippen LogP contribution in [0.1, 0.15) is 41.5 Å². The molecule has 166 valence electrons. The molecule has 0 unspecified atom stereocenters. The van der Waals surface area contributed by atoms with Gasteiger partial charge in [0.2, 0.25) is 8.32 Å². The van der Waals surface area contributed by atoms with Crippen LogP contribution in [0, 0.1) is 28.1 Å². The number of rotatable bonds is 6. The monoisotopic (exact) mass is 502 g/mol. The number of aliphatic hydroxyl groups excluding tert-OH is 2. The summed E-state index contributed by atoms with van der Waals surface area (Å²) < 4.78 is 13.1. The first-order valence-electron chi connectivity index (χ1n) is 10.6. The van der Waals surface area contributed by atoms with Gasteiger partial charge in [0.25, 0.3) is 0 Å². The molecule has 0 amide bonds. The number of aliphatic hydroxyl groups is 2. The molecule has 0 aromatic rings. The smallest absolute Gasteiger partial charge is 0.201 e. The van der Waals surface area contributed by atoms with Crippen molar-refractivity contribution in [1.29, 1.82) is 0 Å². The van der Waals surface area contributed by atoms with Crippen LogP contribution in [0.15, 0.2) is 0 Å². The van der Waals surface area contributed by atoms with Gasteiger partial charge in [0.1, 0.15) is 20.3 Å². The fourth-order valence-electron chi connectivity index (χ4n) is 4.53. The zero-order valence-corrected chi connectivity index (χ0v) is 23.0. The molecule has 0 aromatic heterocycles. The first-order valence-corrected chi connectivity index (χ1v) is 17.0. The lowest BCUT2D eigenvalue weighted by molar-refractivity contribution is -0.173. The van der Waals surface area contributed by atoms with Crippen LogP contribution in [-0.2, 0) is 9.16 Å². The van der Waals surface area contributed by atoms with Crippen molar-refractivity contribution in [2.75, 3.05) is 6.61 Å². The van der Waals surface area contributed by atoms with Gasteiger partial charge in [0.15, 0.2) is 0 Å². The maximum Gasteiger partial charge on any atom is 0.201 e. The molecule has 1 aliphatic rings. The first kappa shape index (κ1) is 26.9. The highest BCUT2D eigenvalue weighted by atomic mass is 79.9. The Labute approximate surface area is 188 Å². The third-order valence-corrected chi connectivity index (χ3v) is 13.0. The van der Waals surface area contributed by atoms with Gasteiger partial charge in [-0.25, -0.2) is 0 Å². The topological polar surface area (TPSA) is 58.9 Å². The molecule has 1 aliphatic heterocycles. The summed E-state index contributed by atoms with van der Waals surface area (Å²) in [6.45, 7) is 19.6. The van der Waals surface area contributed by atoms with Crippen LogP contribution in [0.2, 0.25) is 36.3 Å². The predicted octanol–water partition coefficient (Wildman–Crippen LogP) is 4.52. The Morgan fingerprint density at radius 1 is 1.00 bits per heavy atom. The average Bonchev–Trinajstić information content (AvgIpc) is 2.59. The predicted molar refractivity (Wildman–Crippen MR) is 129 cm³/mol. The van der Waals surface area contributed by atoms with Crippen molar-refractivity contribution in [3.8, 4) is 22.2 Å². The van der Waals surface area contributed by atoms with E-state index in [1.54, 1.807) is 0 Å². The van der Waals surface area contributed by atoms with E-state index in [9.17, 15) is 10.2 Å². The molecule has 1 saturated heterocycles. The molecule has 2 N–H and O–H groups in total. The van der Waals surface area contributed by atoms with E-state index in [0.717, 1.165) is 0 Å². The molecule has 1 heterocycles. The highest BCUT2D eigenvalue weighted by molar-refractivity contribution is 9.12. The van der Waals surface area contributed by atoms with Crippen molar-refractivity contribution in [3.63, 3.8) is 0 Å². The van der Waals surface area contributed by atoms with Crippen molar-refractivity contribution in [2.45, 2.75) is 102 Å². The molecule has 5 atom stereocenters. The average molecular weight is 504 g/mol. The number of hydrogen-bond acceptors (Lipinski definition) is 4. The fourth-order valence-corrected chi connectivity index (χ4v) is 10.9. The third-order valence-electron chi connectivity index (χ3n) is 5.76. The molecule has 0 spiro atoms. The van der Waals surface area contributed by atoms with E-state index in [1.807, 2.05) is 0 Å². The van der Waals surface area contributed by atoms with E-state index in [4.69, 9.17) is 9.16 Å². The molecule has 7 heteroatoms. The minimum Gasteiger partial charge on any atom is -0.407 e. The summed E-state index contributed by atoms with van der Waals surface area (Å²) in [7, 11) is -3.92. The van der Waals surface area contributed by atoms with Gasteiger partial charge in [-0.3, -0.25) is 0 Å². The van der Waals surface area contributed by atoms with E-state index in [1.165, 1.54) is 0 Å². The Morgan fingerprint density at radius 3 is 1.90 bits per heavy atom. The Kier molecular flexibility index (Phi) is 10.2. The largest absolute Gasteiger partial charge is 0.407 e. The molecule has 29 heavy (non-hydrogen) atoms. The molecule has 1 fully saturated rings. The standard InChI is InChI=1S/C22H39BrO4Si2/c1-15(2)29(16(3)4,17(5)6)27-22-19(11-13-28(7,8)9)26-20(14-24)18(10-12-23)21(22)25/h15-22,24-25H,14H2,1-9H3/t18-,19+,20-,21+,22+/m1/s1. The van der Waals surface area contributed by atoms with Gasteiger partial charge >= 0.3 is 0 Å². The molecule has 0 bridgehead atoms. The van der Waals surface area contributed by atoms with Crippen LogP contribution in [0.3, 0.4) is 0 Å². The molecular weight excluding hydrogens is 464 g/mol. The van der Waals surface area contributed by atoms with Gasteiger partial charge in [0.05, 0.1) is 24.7 Å². The lowest BCUT2D eigenvalue weighted by atomic mass is 9.87. The minimum atomic E-state index is -2.28. The van der Waals surface area contributed by atoms with Crippen molar-refractivity contribution < 1.29 is 19.4 Å². The van der Waals surface area contributed by atoms with E-state index >= 15 is 0 Å². The van der Waals surface area contributed by atoms with Gasteiger partial charge in [-0.1, -0.05) is 73.0 Å². The Hall–Kier alpha value is -0.126. The van der Waals surface area contributed by atoms with Crippen LogP contribution in [0.25, 0.3) is 0 Å². The zero-order valence-electron chi connectivity index (χ0n) is 19.4. The molecule has 0 aromatic carbocycles. The molecule has 1 rings (SSSR count). The summed E-state index contributed by atoms with van der Waals surface area (Å²) in [4.78, 5) is 2.69. The quantitative estimate of drug-likeness (QED) is 0.413. The summed E-state index contributed by atoms with van der Waals surface area (Å²) in [5.74, 6) is 5.69. The number of halogens is 1. The Bertz CT molecular complexity index is 630. The van der Waals surface area contributed by atoms with Crippen molar-refractivity contribution in [3.05, 3.63) is 0 Å². The summed E-state index contributed by atoms with van der Waals surface area (Å²) in [6.07, 6.45) is -2.64. The van der Waals surface area contributed by atoms with Crippen LogP contribution in [0.4, 0.5) is 0 Å². The highest BCUT2D eigenvalue weighted by Gasteiger charge is 2.52. The summed E-state index contributed by atoms with van der Waals surface area (Å²) in [6, 6.07) is 0. The maximum absolute atomic E-state index is 11.3. The van der Waals surface area contributed by atoms with Crippen LogP contribution in [0.5, 0.6) is 0 Å². The van der Waals surface area contributed by atoms with E-state index < -0.39 is 46.7 Å². The lowest BCUT2D eigenvalue weighted by Gasteiger charge is -2.49. The summed E-state index contributed by atoms with van der Waals surface area (Å²) in [5.41, 5.74) is 4.48. The second-order valence-corrected chi connectivity index (χ2v) is 20.5. The van der Waals surface area contributed by atoms with Crippen LogP contribution >= 0.6 is 15.9 Å². The Balaban J connectivity index is 3.49. The number of hydrogen-bond donors (Lipinski definition) is 2. The van der Waals surface area contributed by atoms with Crippen LogP contribution in [-0.4, -0.2) is 57.6 Å². The molecule has 0 aliphatic carbocycles.